The molecule has 1 aliphatic heterocycles. The number of nitrogens with two attached hydrogens (primary N) is 1. The Morgan fingerprint density at radius 2 is 2.29 bits per heavy atom. The van der Waals surface area contributed by atoms with E-state index in [1.165, 1.54) is 11.3 Å². The number of hydrogen-bond acceptors (Lipinski definition) is 7. The Morgan fingerprint density at radius 3 is 2.76 bits per heavy atom. The Kier molecular flexibility index (Phi) is 3.06. The van der Waals surface area contributed by atoms with Crippen molar-refractivity contribution in [2.24, 2.45) is 5.73 Å². The summed E-state index contributed by atoms with van der Waals surface area (Å²) >= 11 is 1.29. The van der Waals surface area contributed by atoms with Gasteiger partial charge in [0.05, 0.1) is 6.26 Å². The number of thiazole rings is 1. The molecule has 1 aromatic heterocycles. The quantitative estimate of drug-likeness (QED) is 0.738. The smallest absolute Gasteiger partial charge is 0.268 e. The summed E-state index contributed by atoms with van der Waals surface area (Å²) in [6.45, 7) is 0.886. The van der Waals surface area contributed by atoms with Crippen LogP contribution >= 0.6 is 11.3 Å². The maximum Gasteiger partial charge on any atom is 0.268 e. The van der Waals surface area contributed by atoms with Crippen molar-refractivity contribution < 1.29 is 17.4 Å². The molecule has 0 unspecified atom stereocenters. The molecule has 0 spiro atoms. The molecule has 1 aromatic rings. The Labute approximate surface area is 102 Å². The van der Waals surface area contributed by atoms with Gasteiger partial charge < -0.3 is 10.6 Å². The first-order chi connectivity index (χ1) is 7.85. The highest BCUT2D eigenvalue weighted by Crippen LogP contribution is 2.26. The van der Waals surface area contributed by atoms with Gasteiger partial charge in [-0.3, -0.25) is 8.98 Å². The zero-order valence-electron chi connectivity index (χ0n) is 8.99. The van der Waals surface area contributed by atoms with Crippen LogP contribution in [-0.2, 0) is 14.3 Å². The molecule has 0 atom stereocenters. The highest BCUT2D eigenvalue weighted by atomic mass is 32.2. The van der Waals surface area contributed by atoms with Crippen LogP contribution in [0.25, 0.3) is 0 Å². The van der Waals surface area contributed by atoms with Crippen LogP contribution in [0.5, 0.6) is 0 Å². The third-order valence-corrected chi connectivity index (χ3v) is 3.70. The maximum atomic E-state index is 10.9. The van der Waals surface area contributed by atoms with Crippen LogP contribution < -0.4 is 10.6 Å². The second kappa shape index (κ2) is 4.24. The number of anilines is 1. The van der Waals surface area contributed by atoms with Gasteiger partial charge in [-0.1, -0.05) is 0 Å². The summed E-state index contributed by atoms with van der Waals surface area (Å²) in [7, 11) is -3.42. The third-order valence-electron chi connectivity index (χ3n) is 2.17. The first-order valence-corrected chi connectivity index (χ1v) is 7.43. The molecular formula is C8H11N3O4S2. The zero-order valence-corrected chi connectivity index (χ0v) is 10.6. The van der Waals surface area contributed by atoms with Gasteiger partial charge in [-0.05, 0) is 0 Å². The average Bonchev–Trinajstić information content (AvgIpc) is 2.57. The fourth-order valence-corrected chi connectivity index (χ4v) is 2.88. The summed E-state index contributed by atoms with van der Waals surface area (Å²) in [6, 6.07) is 0. The number of aromatic nitrogens is 1. The number of rotatable bonds is 4. The van der Waals surface area contributed by atoms with Gasteiger partial charge in [-0.2, -0.15) is 8.42 Å². The van der Waals surface area contributed by atoms with Gasteiger partial charge in [0.15, 0.2) is 5.13 Å². The normalized spacial score (nSPS) is 16.9. The summed E-state index contributed by atoms with van der Waals surface area (Å²) in [5.74, 6) is -0.572. The van der Waals surface area contributed by atoms with Gasteiger partial charge in [0, 0.05) is 18.5 Å². The lowest BCUT2D eigenvalue weighted by atomic mass is 10.2. The Hall–Kier alpha value is -1.19. The lowest BCUT2D eigenvalue weighted by molar-refractivity contribution is 0.0996. The average molecular weight is 277 g/mol. The number of primary amides is 1. The summed E-state index contributed by atoms with van der Waals surface area (Å²) in [6.07, 6.45) is 0.676. The van der Waals surface area contributed by atoms with Crippen LogP contribution in [0.15, 0.2) is 5.38 Å². The molecule has 1 aliphatic rings. The highest BCUT2D eigenvalue weighted by molar-refractivity contribution is 7.86. The molecule has 1 fully saturated rings. The minimum absolute atomic E-state index is 0.220. The molecule has 2 rings (SSSR count). The minimum atomic E-state index is -3.42. The monoisotopic (exact) mass is 277 g/mol. The van der Waals surface area contributed by atoms with E-state index in [4.69, 9.17) is 9.92 Å². The molecule has 2 heterocycles. The van der Waals surface area contributed by atoms with Crippen molar-refractivity contribution in [2.75, 3.05) is 24.2 Å². The van der Waals surface area contributed by atoms with Crippen LogP contribution in [0.2, 0.25) is 0 Å². The third kappa shape index (κ3) is 2.93. The van der Waals surface area contributed by atoms with Crippen LogP contribution in [0.3, 0.4) is 0 Å². The molecule has 17 heavy (non-hydrogen) atoms. The molecule has 0 saturated carbocycles. The largest absolute Gasteiger partial charge is 0.364 e. The maximum absolute atomic E-state index is 10.9. The Bertz CT molecular complexity index is 533. The minimum Gasteiger partial charge on any atom is -0.364 e. The molecule has 0 bridgehead atoms. The van der Waals surface area contributed by atoms with E-state index < -0.39 is 16.0 Å². The predicted octanol–water partition coefficient (Wildman–Crippen LogP) is -0.593. The predicted molar refractivity (Wildman–Crippen MR) is 62.6 cm³/mol. The summed E-state index contributed by atoms with van der Waals surface area (Å²) in [4.78, 5) is 16.7. The van der Waals surface area contributed by atoms with E-state index in [-0.39, 0.29) is 11.8 Å². The number of carbonyl (C=O) groups is 1. The van der Waals surface area contributed by atoms with Crippen molar-refractivity contribution in [2.45, 2.75) is 6.10 Å². The fourth-order valence-electron chi connectivity index (χ4n) is 1.43. The van der Waals surface area contributed by atoms with E-state index in [1.54, 1.807) is 5.38 Å². The van der Waals surface area contributed by atoms with Gasteiger partial charge in [0.25, 0.3) is 16.0 Å². The molecule has 7 nitrogen and oxygen atoms in total. The van der Waals surface area contributed by atoms with Gasteiger partial charge in [-0.25, -0.2) is 4.98 Å². The summed E-state index contributed by atoms with van der Waals surface area (Å²) in [5, 5.41) is 2.22. The molecule has 1 amide bonds. The van der Waals surface area contributed by atoms with Gasteiger partial charge in [0.2, 0.25) is 0 Å². The first-order valence-electron chi connectivity index (χ1n) is 4.74. The molecule has 94 valence electrons. The molecule has 2 N–H and O–H groups in total. The molecule has 9 heteroatoms. The van der Waals surface area contributed by atoms with Gasteiger partial charge >= 0.3 is 0 Å². The second-order valence-corrected chi connectivity index (χ2v) is 6.14. The van der Waals surface area contributed by atoms with E-state index >= 15 is 0 Å². The SMILES string of the molecule is CS(=O)(=O)OC1CN(c2nc(C(N)=O)cs2)C1. The molecule has 1 saturated heterocycles. The van der Waals surface area contributed by atoms with E-state index in [2.05, 4.69) is 4.98 Å². The standard InChI is InChI=1S/C8H11N3O4S2/c1-17(13,14)15-5-2-11(3-5)8-10-6(4-16-8)7(9)12/h4-5H,2-3H2,1H3,(H2,9,12). The van der Waals surface area contributed by atoms with Gasteiger partial charge in [0.1, 0.15) is 11.8 Å². The van der Waals surface area contributed by atoms with Crippen molar-refractivity contribution >= 4 is 32.5 Å². The molecular weight excluding hydrogens is 266 g/mol. The van der Waals surface area contributed by atoms with E-state index in [1.807, 2.05) is 4.90 Å². The number of nitrogens with zero attached hydrogens (tertiary/aromatic N) is 2. The van der Waals surface area contributed by atoms with Crippen molar-refractivity contribution in [1.82, 2.24) is 4.98 Å². The zero-order chi connectivity index (χ0) is 12.6. The van der Waals surface area contributed by atoms with Crippen LogP contribution in [0.4, 0.5) is 5.13 Å². The topological polar surface area (TPSA) is 103 Å². The van der Waals surface area contributed by atoms with E-state index in [0.717, 1.165) is 6.26 Å². The van der Waals surface area contributed by atoms with Crippen LogP contribution in [-0.4, -0.2) is 44.8 Å². The highest BCUT2D eigenvalue weighted by Gasteiger charge is 2.32. The molecule has 0 aromatic carbocycles. The lowest BCUT2D eigenvalue weighted by Crippen LogP contribution is -2.53. The number of carbonyl (C=O) groups excluding carboxylic acids is 1. The lowest BCUT2D eigenvalue weighted by Gasteiger charge is -2.37. The number of amides is 1. The van der Waals surface area contributed by atoms with E-state index in [9.17, 15) is 13.2 Å². The van der Waals surface area contributed by atoms with Crippen molar-refractivity contribution in [1.29, 1.82) is 0 Å². The number of hydrogen-bond donors (Lipinski definition) is 1. The van der Waals surface area contributed by atoms with Crippen molar-refractivity contribution in [3.05, 3.63) is 11.1 Å². The van der Waals surface area contributed by atoms with Crippen molar-refractivity contribution in [3.8, 4) is 0 Å². The Balaban J connectivity index is 1.93. The second-order valence-electron chi connectivity index (χ2n) is 3.71. The van der Waals surface area contributed by atoms with Crippen LogP contribution in [0, 0.1) is 0 Å². The summed E-state index contributed by atoms with van der Waals surface area (Å²) in [5.41, 5.74) is 5.30. The fraction of sp³-hybridized carbons (Fsp3) is 0.500. The van der Waals surface area contributed by atoms with E-state index in [0.29, 0.717) is 18.2 Å². The molecule has 0 radical (unpaired) electrons. The Morgan fingerprint density at radius 1 is 1.65 bits per heavy atom. The molecule has 0 aliphatic carbocycles. The van der Waals surface area contributed by atoms with Crippen molar-refractivity contribution in [3.63, 3.8) is 0 Å². The van der Waals surface area contributed by atoms with Crippen LogP contribution in [0.1, 0.15) is 10.5 Å². The summed E-state index contributed by atoms with van der Waals surface area (Å²) < 4.78 is 26.5. The first kappa shape index (κ1) is 12.3. The van der Waals surface area contributed by atoms with Gasteiger partial charge in [-0.15, -0.1) is 11.3 Å².